The standard InChI is InChI=1S/C32H38Cl3N3O4S/c1-22-25(33)14-10-17-28(22)38(43(5,41)42)19-11-18-30(39)37(21-24-26(34)15-9-16-27(24)35)29(31(40)36-32(2,3)4)20-23-12-7-6-8-13-23/h6-10,12-17,29H,11,18-21H2,1-5H3,(H,36,40)/t29-/m1/s1. The predicted molar refractivity (Wildman–Crippen MR) is 176 cm³/mol. The minimum Gasteiger partial charge on any atom is -0.350 e. The third-order valence-corrected chi connectivity index (χ3v) is 9.12. The molecular weight excluding hydrogens is 629 g/mol. The summed E-state index contributed by atoms with van der Waals surface area (Å²) in [4.78, 5) is 29.3. The van der Waals surface area contributed by atoms with E-state index in [0.29, 0.717) is 31.9 Å². The molecular formula is C32H38Cl3N3O4S. The summed E-state index contributed by atoms with van der Waals surface area (Å²) < 4.78 is 26.8. The van der Waals surface area contributed by atoms with Crippen LogP contribution in [0.15, 0.2) is 66.7 Å². The number of sulfonamides is 1. The maximum Gasteiger partial charge on any atom is 0.243 e. The van der Waals surface area contributed by atoms with Crippen LogP contribution >= 0.6 is 34.8 Å². The number of hydrogen-bond acceptors (Lipinski definition) is 4. The molecule has 2 amide bonds. The topological polar surface area (TPSA) is 86.8 Å². The van der Waals surface area contributed by atoms with Gasteiger partial charge in [-0.2, -0.15) is 0 Å². The van der Waals surface area contributed by atoms with Gasteiger partial charge in [-0.05, 0) is 69.5 Å². The van der Waals surface area contributed by atoms with Crippen LogP contribution in [-0.2, 0) is 32.6 Å². The third kappa shape index (κ3) is 9.86. The van der Waals surface area contributed by atoms with E-state index in [4.69, 9.17) is 34.8 Å². The zero-order valence-electron chi connectivity index (χ0n) is 25.0. The van der Waals surface area contributed by atoms with Crippen LogP contribution < -0.4 is 9.62 Å². The van der Waals surface area contributed by atoms with Crippen LogP contribution in [0.3, 0.4) is 0 Å². The van der Waals surface area contributed by atoms with Crippen molar-refractivity contribution in [2.24, 2.45) is 0 Å². The van der Waals surface area contributed by atoms with Crippen molar-refractivity contribution in [3.63, 3.8) is 0 Å². The number of rotatable bonds is 12. The molecule has 0 unspecified atom stereocenters. The Labute approximate surface area is 270 Å². The molecule has 11 heteroatoms. The zero-order chi connectivity index (χ0) is 31.9. The van der Waals surface area contributed by atoms with Crippen molar-refractivity contribution in [1.29, 1.82) is 0 Å². The second kappa shape index (κ2) is 14.8. The number of nitrogens with one attached hydrogen (secondary N) is 1. The second-order valence-electron chi connectivity index (χ2n) is 11.5. The summed E-state index contributed by atoms with van der Waals surface area (Å²) in [6.07, 6.45) is 1.55. The average molecular weight is 667 g/mol. The highest BCUT2D eigenvalue weighted by atomic mass is 35.5. The Balaban J connectivity index is 1.97. The van der Waals surface area contributed by atoms with Crippen molar-refractivity contribution in [3.05, 3.63) is 98.5 Å². The van der Waals surface area contributed by atoms with Gasteiger partial charge in [-0.25, -0.2) is 8.42 Å². The van der Waals surface area contributed by atoms with Crippen molar-refractivity contribution in [1.82, 2.24) is 10.2 Å². The molecule has 0 saturated heterocycles. The summed E-state index contributed by atoms with van der Waals surface area (Å²) in [6, 6.07) is 18.7. The lowest BCUT2D eigenvalue weighted by atomic mass is 10.00. The Morgan fingerprint density at radius 2 is 1.47 bits per heavy atom. The SMILES string of the molecule is Cc1c(Cl)cccc1N(CCCC(=O)N(Cc1c(Cl)cccc1Cl)[C@H](Cc1ccccc1)C(=O)NC(C)(C)C)S(C)(=O)=O. The van der Waals surface area contributed by atoms with Crippen LogP contribution in [0.1, 0.15) is 50.3 Å². The van der Waals surface area contributed by atoms with Gasteiger partial charge in [0.15, 0.2) is 0 Å². The highest BCUT2D eigenvalue weighted by Gasteiger charge is 2.33. The summed E-state index contributed by atoms with van der Waals surface area (Å²) in [5, 5.41) is 4.21. The first-order valence-electron chi connectivity index (χ1n) is 13.9. The van der Waals surface area contributed by atoms with Gasteiger partial charge >= 0.3 is 0 Å². The molecule has 0 saturated carbocycles. The van der Waals surface area contributed by atoms with Gasteiger partial charge in [0.25, 0.3) is 0 Å². The molecule has 43 heavy (non-hydrogen) atoms. The number of carbonyl (C=O) groups excluding carboxylic acids is 2. The molecule has 0 bridgehead atoms. The number of halogens is 3. The van der Waals surface area contributed by atoms with E-state index in [1.807, 2.05) is 51.1 Å². The van der Waals surface area contributed by atoms with E-state index >= 15 is 0 Å². The van der Waals surface area contributed by atoms with Crippen LogP contribution in [0.2, 0.25) is 15.1 Å². The molecule has 232 valence electrons. The van der Waals surface area contributed by atoms with Gasteiger partial charge in [0, 0.05) is 52.1 Å². The summed E-state index contributed by atoms with van der Waals surface area (Å²) in [5.74, 6) is -0.655. The smallest absolute Gasteiger partial charge is 0.243 e. The summed E-state index contributed by atoms with van der Waals surface area (Å²) in [7, 11) is -3.68. The Kier molecular flexibility index (Phi) is 11.9. The lowest BCUT2D eigenvalue weighted by molar-refractivity contribution is -0.142. The molecule has 3 aromatic carbocycles. The minimum atomic E-state index is -3.68. The van der Waals surface area contributed by atoms with Gasteiger partial charge in [0.1, 0.15) is 6.04 Å². The largest absolute Gasteiger partial charge is 0.350 e. The minimum absolute atomic E-state index is 0.00437. The first-order valence-corrected chi connectivity index (χ1v) is 16.9. The number of anilines is 1. The van der Waals surface area contributed by atoms with Gasteiger partial charge in [0.05, 0.1) is 11.9 Å². The molecule has 0 aliphatic rings. The van der Waals surface area contributed by atoms with Crippen molar-refractivity contribution >= 4 is 62.3 Å². The van der Waals surface area contributed by atoms with Crippen LogP contribution in [-0.4, -0.2) is 49.5 Å². The Bertz CT molecular complexity index is 1520. The van der Waals surface area contributed by atoms with Gasteiger partial charge in [-0.1, -0.05) is 77.3 Å². The average Bonchev–Trinajstić information content (AvgIpc) is 2.91. The first-order chi connectivity index (χ1) is 20.1. The fourth-order valence-electron chi connectivity index (χ4n) is 4.71. The van der Waals surface area contributed by atoms with Crippen LogP contribution in [0, 0.1) is 6.92 Å². The molecule has 0 aliphatic heterocycles. The molecule has 1 N–H and O–H groups in total. The molecule has 7 nitrogen and oxygen atoms in total. The summed E-state index contributed by atoms with van der Waals surface area (Å²) >= 11 is 19.3. The molecule has 3 rings (SSSR count). The Morgan fingerprint density at radius 1 is 0.884 bits per heavy atom. The normalized spacial score (nSPS) is 12.5. The van der Waals surface area contributed by atoms with Crippen LogP contribution in [0.25, 0.3) is 0 Å². The predicted octanol–water partition coefficient (Wildman–Crippen LogP) is 7.06. The monoisotopic (exact) mass is 665 g/mol. The lowest BCUT2D eigenvalue weighted by Crippen LogP contribution is -2.54. The molecule has 0 heterocycles. The van der Waals surface area contributed by atoms with E-state index < -0.39 is 21.6 Å². The van der Waals surface area contributed by atoms with Crippen molar-refractivity contribution in [2.75, 3.05) is 17.1 Å². The van der Waals surface area contributed by atoms with Crippen molar-refractivity contribution in [3.8, 4) is 0 Å². The zero-order valence-corrected chi connectivity index (χ0v) is 28.1. The van der Waals surface area contributed by atoms with Crippen molar-refractivity contribution < 1.29 is 18.0 Å². The van der Waals surface area contributed by atoms with E-state index in [1.54, 1.807) is 43.3 Å². The molecule has 0 spiro atoms. The van der Waals surface area contributed by atoms with Crippen molar-refractivity contribution in [2.45, 2.75) is 65.1 Å². The molecule has 0 aromatic heterocycles. The van der Waals surface area contributed by atoms with Crippen LogP contribution in [0.5, 0.6) is 0 Å². The van der Waals surface area contributed by atoms with E-state index in [1.165, 1.54) is 9.21 Å². The molecule has 0 aliphatic carbocycles. The molecule has 1 atom stereocenters. The third-order valence-electron chi connectivity index (χ3n) is 6.82. The van der Waals surface area contributed by atoms with Gasteiger partial charge < -0.3 is 10.2 Å². The quantitative estimate of drug-likeness (QED) is 0.224. The maximum atomic E-state index is 14.0. The summed E-state index contributed by atoms with van der Waals surface area (Å²) in [6.45, 7) is 7.41. The molecule has 3 aromatic rings. The highest BCUT2D eigenvalue weighted by Crippen LogP contribution is 2.30. The second-order valence-corrected chi connectivity index (χ2v) is 14.6. The maximum absolute atomic E-state index is 14.0. The summed E-state index contributed by atoms with van der Waals surface area (Å²) in [5.41, 5.74) is 1.92. The lowest BCUT2D eigenvalue weighted by Gasteiger charge is -2.34. The number of nitrogens with zero attached hydrogens (tertiary/aromatic N) is 2. The fourth-order valence-corrected chi connectivity index (χ4v) is 6.41. The van der Waals surface area contributed by atoms with Gasteiger partial charge in [-0.15, -0.1) is 0 Å². The van der Waals surface area contributed by atoms with Crippen LogP contribution in [0.4, 0.5) is 5.69 Å². The molecule has 0 fully saturated rings. The van der Waals surface area contributed by atoms with E-state index in [2.05, 4.69) is 5.32 Å². The Hall–Kier alpha value is -2.78. The number of carbonyl (C=O) groups is 2. The molecule has 0 radical (unpaired) electrons. The van der Waals surface area contributed by atoms with E-state index in [9.17, 15) is 18.0 Å². The number of amides is 2. The first kappa shape index (κ1) is 34.7. The Morgan fingerprint density at radius 3 is 2.05 bits per heavy atom. The number of hydrogen-bond donors (Lipinski definition) is 1. The van der Waals surface area contributed by atoms with E-state index in [0.717, 1.165) is 11.8 Å². The van der Waals surface area contributed by atoms with Gasteiger partial charge in [0.2, 0.25) is 21.8 Å². The number of benzene rings is 3. The van der Waals surface area contributed by atoms with E-state index in [-0.39, 0.29) is 44.2 Å². The highest BCUT2D eigenvalue weighted by molar-refractivity contribution is 7.92. The fraction of sp³-hybridized carbons (Fsp3) is 0.375. The van der Waals surface area contributed by atoms with Gasteiger partial charge in [-0.3, -0.25) is 13.9 Å².